The maximum Gasteiger partial charge on any atom is 0.416 e. The highest BCUT2D eigenvalue weighted by atomic mass is 19.4. The second-order valence-corrected chi connectivity index (χ2v) is 8.72. The first-order valence-corrected chi connectivity index (χ1v) is 11.9. The van der Waals surface area contributed by atoms with Crippen LogP contribution in [0.4, 0.5) is 13.2 Å². The number of alkyl halides is 3. The normalized spacial score (nSPS) is 16.5. The van der Waals surface area contributed by atoms with Gasteiger partial charge in [-0.15, -0.1) is 0 Å². The standard InChI is InChI=1S/C24H34F3N5O3/c1-3-30(4-2)14-20(33)15-31-8-10-32(11-9-31)16-22-29-21(17-35-22)23(34)28-13-18-6-5-7-19(12-18)24(25,26)27/h5-7,12,17,20,33H,3-4,8-11,13-16H2,1-2H3,(H,28,34)/t20-/m0/s1. The van der Waals surface area contributed by atoms with Gasteiger partial charge in [-0.2, -0.15) is 13.2 Å². The van der Waals surface area contributed by atoms with Gasteiger partial charge in [0.1, 0.15) is 6.26 Å². The minimum atomic E-state index is -4.43. The van der Waals surface area contributed by atoms with E-state index in [4.69, 9.17) is 4.42 Å². The van der Waals surface area contributed by atoms with Crippen molar-refractivity contribution in [2.45, 2.75) is 39.2 Å². The molecule has 11 heteroatoms. The van der Waals surface area contributed by atoms with Crippen molar-refractivity contribution in [1.29, 1.82) is 0 Å². The topological polar surface area (TPSA) is 85.1 Å². The van der Waals surface area contributed by atoms with Crippen LogP contribution in [0.2, 0.25) is 0 Å². The SMILES string of the molecule is CCN(CC)C[C@H](O)CN1CCN(Cc2nc(C(=O)NCc3cccc(C(F)(F)F)c3)co2)CC1. The van der Waals surface area contributed by atoms with E-state index in [1.54, 1.807) is 0 Å². The lowest BCUT2D eigenvalue weighted by molar-refractivity contribution is -0.137. The van der Waals surface area contributed by atoms with Crippen LogP contribution in [0.15, 0.2) is 34.9 Å². The Hall–Kier alpha value is -2.47. The van der Waals surface area contributed by atoms with Gasteiger partial charge in [0, 0.05) is 45.8 Å². The second-order valence-electron chi connectivity index (χ2n) is 8.72. The number of aromatic nitrogens is 1. The second kappa shape index (κ2) is 12.5. The molecule has 1 atom stereocenters. The number of hydrogen-bond donors (Lipinski definition) is 2. The lowest BCUT2D eigenvalue weighted by Crippen LogP contribution is -2.49. The minimum absolute atomic E-state index is 0.0486. The van der Waals surface area contributed by atoms with Crippen molar-refractivity contribution in [3.05, 3.63) is 53.2 Å². The van der Waals surface area contributed by atoms with Crippen molar-refractivity contribution in [1.82, 2.24) is 25.0 Å². The molecule has 2 N–H and O–H groups in total. The van der Waals surface area contributed by atoms with Gasteiger partial charge in [0.25, 0.3) is 5.91 Å². The number of nitrogens with one attached hydrogen (secondary N) is 1. The van der Waals surface area contributed by atoms with Crippen LogP contribution < -0.4 is 5.32 Å². The van der Waals surface area contributed by atoms with Gasteiger partial charge >= 0.3 is 6.18 Å². The Morgan fingerprint density at radius 3 is 2.54 bits per heavy atom. The molecular weight excluding hydrogens is 463 g/mol. The highest BCUT2D eigenvalue weighted by Crippen LogP contribution is 2.29. The van der Waals surface area contributed by atoms with E-state index in [1.165, 1.54) is 18.4 Å². The molecule has 2 aromatic rings. The third kappa shape index (κ3) is 8.31. The zero-order valence-electron chi connectivity index (χ0n) is 20.2. The molecule has 8 nitrogen and oxygen atoms in total. The number of aliphatic hydroxyl groups is 1. The predicted octanol–water partition coefficient (Wildman–Crippen LogP) is 2.44. The Morgan fingerprint density at radius 2 is 1.89 bits per heavy atom. The Morgan fingerprint density at radius 1 is 1.20 bits per heavy atom. The molecule has 0 bridgehead atoms. The van der Waals surface area contributed by atoms with E-state index in [9.17, 15) is 23.1 Å². The number of carbonyl (C=O) groups is 1. The third-order valence-corrected chi connectivity index (χ3v) is 6.15. The molecule has 3 rings (SSSR count). The van der Waals surface area contributed by atoms with Gasteiger partial charge in [-0.05, 0) is 30.8 Å². The van der Waals surface area contributed by atoms with Gasteiger partial charge in [0.2, 0.25) is 5.89 Å². The molecule has 1 amide bonds. The van der Waals surface area contributed by atoms with Crippen LogP contribution in [0.5, 0.6) is 0 Å². The molecule has 194 valence electrons. The number of nitrogens with zero attached hydrogens (tertiary/aromatic N) is 4. The van der Waals surface area contributed by atoms with E-state index >= 15 is 0 Å². The largest absolute Gasteiger partial charge is 0.447 e. The Bertz CT molecular complexity index is 940. The van der Waals surface area contributed by atoms with Crippen LogP contribution >= 0.6 is 0 Å². The summed E-state index contributed by atoms with van der Waals surface area (Å²) in [4.78, 5) is 23.2. The monoisotopic (exact) mass is 497 g/mol. The summed E-state index contributed by atoms with van der Waals surface area (Å²) in [5.41, 5.74) is -0.325. The van der Waals surface area contributed by atoms with Crippen molar-refractivity contribution in [3.63, 3.8) is 0 Å². The van der Waals surface area contributed by atoms with Crippen LogP contribution in [0, 0.1) is 0 Å². The maximum absolute atomic E-state index is 12.8. The molecule has 0 aliphatic carbocycles. The predicted molar refractivity (Wildman–Crippen MR) is 125 cm³/mol. The molecular formula is C24H34F3N5O3. The Labute approximate surface area is 203 Å². The number of benzene rings is 1. The molecule has 0 radical (unpaired) electrons. The van der Waals surface area contributed by atoms with Gasteiger partial charge in [-0.3, -0.25) is 14.6 Å². The number of piperazine rings is 1. The fourth-order valence-electron chi connectivity index (χ4n) is 4.08. The lowest BCUT2D eigenvalue weighted by atomic mass is 10.1. The maximum atomic E-state index is 12.8. The quantitative estimate of drug-likeness (QED) is 0.493. The number of oxazole rings is 1. The smallest absolute Gasteiger partial charge is 0.416 e. The first kappa shape index (κ1) is 27.1. The van der Waals surface area contributed by atoms with Gasteiger partial charge in [0.05, 0.1) is 18.2 Å². The summed E-state index contributed by atoms with van der Waals surface area (Å²) in [6, 6.07) is 4.83. The summed E-state index contributed by atoms with van der Waals surface area (Å²) < 4.78 is 44.0. The molecule has 1 aromatic carbocycles. The fourth-order valence-corrected chi connectivity index (χ4v) is 4.08. The number of β-amino-alcohol motifs (C(OH)–C–C–N with tert-alkyl or cyclic N) is 1. The van der Waals surface area contributed by atoms with Crippen LogP contribution in [-0.2, 0) is 19.3 Å². The van der Waals surface area contributed by atoms with Crippen LogP contribution in [0.25, 0.3) is 0 Å². The molecule has 1 saturated heterocycles. The number of halogens is 3. The van der Waals surface area contributed by atoms with E-state index < -0.39 is 17.6 Å². The van der Waals surface area contributed by atoms with Crippen LogP contribution in [-0.4, -0.2) is 89.2 Å². The van der Waals surface area contributed by atoms with Crippen molar-refractivity contribution in [2.75, 3.05) is 52.4 Å². The van der Waals surface area contributed by atoms with Gasteiger partial charge in [-0.25, -0.2) is 4.98 Å². The Balaban J connectivity index is 1.42. The van der Waals surface area contributed by atoms with Gasteiger partial charge in [-0.1, -0.05) is 26.0 Å². The van der Waals surface area contributed by atoms with Crippen molar-refractivity contribution in [3.8, 4) is 0 Å². The molecule has 1 aliphatic rings. The molecule has 2 heterocycles. The molecule has 0 unspecified atom stereocenters. The number of likely N-dealkylation sites (N-methyl/N-ethyl adjacent to an activating group) is 1. The summed E-state index contributed by atoms with van der Waals surface area (Å²) in [6.07, 6.45) is -3.56. The van der Waals surface area contributed by atoms with E-state index in [1.807, 2.05) is 0 Å². The third-order valence-electron chi connectivity index (χ3n) is 6.15. The lowest BCUT2D eigenvalue weighted by Gasteiger charge is -2.35. The number of hydrogen-bond acceptors (Lipinski definition) is 7. The molecule has 35 heavy (non-hydrogen) atoms. The first-order valence-electron chi connectivity index (χ1n) is 11.9. The molecule has 1 fully saturated rings. The number of rotatable bonds is 11. The van der Waals surface area contributed by atoms with Crippen molar-refractivity contribution < 1.29 is 27.5 Å². The summed E-state index contributed by atoms with van der Waals surface area (Å²) >= 11 is 0. The average Bonchev–Trinajstić information content (AvgIpc) is 3.30. The van der Waals surface area contributed by atoms with Gasteiger partial charge in [0.15, 0.2) is 5.69 Å². The first-order chi connectivity index (χ1) is 16.7. The van der Waals surface area contributed by atoms with Gasteiger partial charge < -0.3 is 19.7 Å². The summed E-state index contributed by atoms with van der Waals surface area (Å²) in [7, 11) is 0. The van der Waals surface area contributed by atoms with E-state index in [2.05, 4.69) is 38.8 Å². The van der Waals surface area contributed by atoms with Crippen molar-refractivity contribution >= 4 is 5.91 Å². The minimum Gasteiger partial charge on any atom is -0.447 e. The molecule has 1 aromatic heterocycles. The number of aliphatic hydroxyl groups excluding tert-OH is 1. The van der Waals surface area contributed by atoms with E-state index in [0.717, 1.165) is 51.4 Å². The fraction of sp³-hybridized carbons (Fsp3) is 0.583. The highest BCUT2D eigenvalue weighted by molar-refractivity contribution is 5.91. The Kier molecular flexibility index (Phi) is 9.67. The highest BCUT2D eigenvalue weighted by Gasteiger charge is 2.30. The van der Waals surface area contributed by atoms with E-state index in [0.29, 0.717) is 31.1 Å². The summed E-state index contributed by atoms with van der Waals surface area (Å²) in [6.45, 7) is 10.9. The zero-order chi connectivity index (χ0) is 25.4. The van der Waals surface area contributed by atoms with Crippen molar-refractivity contribution in [2.24, 2.45) is 0 Å². The average molecular weight is 498 g/mol. The molecule has 0 spiro atoms. The number of amides is 1. The molecule has 0 saturated carbocycles. The zero-order valence-corrected chi connectivity index (χ0v) is 20.2. The molecule has 1 aliphatic heterocycles. The van der Waals surface area contributed by atoms with Crippen LogP contribution in [0.1, 0.15) is 41.4 Å². The van der Waals surface area contributed by atoms with Crippen LogP contribution in [0.3, 0.4) is 0 Å². The van der Waals surface area contributed by atoms with E-state index in [-0.39, 0.29) is 18.3 Å². The summed E-state index contributed by atoms with van der Waals surface area (Å²) in [5.74, 6) is -0.103. The summed E-state index contributed by atoms with van der Waals surface area (Å²) in [5, 5.41) is 12.9. The number of carbonyl (C=O) groups excluding carboxylic acids is 1.